The molecule has 0 bridgehead atoms. The van der Waals surface area contributed by atoms with E-state index >= 15 is 0 Å². The molecule has 0 saturated carbocycles. The molecule has 0 radical (unpaired) electrons. The number of rotatable bonds is 3. The van der Waals surface area contributed by atoms with Gasteiger partial charge in [0.2, 0.25) is 0 Å². The van der Waals surface area contributed by atoms with Gasteiger partial charge >= 0.3 is 0 Å². The van der Waals surface area contributed by atoms with Gasteiger partial charge in [0.05, 0.1) is 21.1 Å². The van der Waals surface area contributed by atoms with Gasteiger partial charge in [-0.15, -0.1) is 0 Å². The minimum Gasteiger partial charge on any atom is -0.327 e. The SMILES string of the molecule is C[N+](C)(C)Cc1c(-c2ccccc2)ccc2ccccc12. The lowest BCUT2D eigenvalue weighted by Crippen LogP contribution is -2.33. The van der Waals surface area contributed by atoms with Crippen LogP contribution in [0.2, 0.25) is 0 Å². The molecular weight excluding hydrogens is 254 g/mol. The van der Waals surface area contributed by atoms with E-state index < -0.39 is 0 Å². The fourth-order valence-corrected chi connectivity index (χ4v) is 2.87. The predicted octanol–water partition coefficient (Wildman–Crippen LogP) is 4.71. The number of benzene rings is 3. The molecule has 0 aliphatic rings. The van der Waals surface area contributed by atoms with Crippen LogP contribution in [0.4, 0.5) is 0 Å². The van der Waals surface area contributed by atoms with Crippen LogP contribution in [0.25, 0.3) is 21.9 Å². The summed E-state index contributed by atoms with van der Waals surface area (Å²) >= 11 is 0. The summed E-state index contributed by atoms with van der Waals surface area (Å²) in [5, 5.41) is 2.69. The molecule has 0 aliphatic carbocycles. The normalized spacial score (nSPS) is 11.8. The Bertz CT molecular complexity index is 752. The van der Waals surface area contributed by atoms with Gasteiger partial charge in [0.15, 0.2) is 0 Å². The summed E-state index contributed by atoms with van der Waals surface area (Å²) in [6, 6.07) is 23.9. The Morgan fingerprint density at radius 3 is 2.10 bits per heavy atom. The standard InChI is InChI=1S/C20H22N/c1-21(2,3)15-20-18-12-8-7-11-17(18)13-14-19(20)16-9-5-4-6-10-16/h4-14H,15H2,1-3H3/q+1. The fraction of sp³-hybridized carbons (Fsp3) is 0.200. The van der Waals surface area contributed by atoms with Crippen LogP contribution in [0.1, 0.15) is 5.56 Å². The van der Waals surface area contributed by atoms with E-state index in [-0.39, 0.29) is 0 Å². The maximum Gasteiger partial charge on any atom is 0.105 e. The lowest BCUT2D eigenvalue weighted by Gasteiger charge is -2.26. The molecule has 0 unspecified atom stereocenters. The fourth-order valence-electron chi connectivity index (χ4n) is 2.87. The third-order valence-corrected chi connectivity index (χ3v) is 3.76. The Hall–Kier alpha value is -2.12. The molecule has 0 fully saturated rings. The van der Waals surface area contributed by atoms with Crippen LogP contribution in [0.5, 0.6) is 0 Å². The minimum absolute atomic E-state index is 0.924. The Labute approximate surface area is 127 Å². The topological polar surface area (TPSA) is 0 Å². The zero-order valence-corrected chi connectivity index (χ0v) is 13.0. The molecule has 0 atom stereocenters. The summed E-state index contributed by atoms with van der Waals surface area (Å²) in [4.78, 5) is 0. The van der Waals surface area contributed by atoms with Gasteiger partial charge in [-0.2, -0.15) is 0 Å². The van der Waals surface area contributed by atoms with Gasteiger partial charge in [0.25, 0.3) is 0 Å². The van der Waals surface area contributed by atoms with Gasteiger partial charge in [0.1, 0.15) is 6.54 Å². The van der Waals surface area contributed by atoms with Crippen molar-refractivity contribution in [2.45, 2.75) is 6.54 Å². The average Bonchev–Trinajstić information content (AvgIpc) is 2.47. The summed E-state index contributed by atoms with van der Waals surface area (Å²) in [5.74, 6) is 0. The summed E-state index contributed by atoms with van der Waals surface area (Å²) in [7, 11) is 6.74. The van der Waals surface area contributed by atoms with Crippen molar-refractivity contribution in [1.29, 1.82) is 0 Å². The van der Waals surface area contributed by atoms with Crippen molar-refractivity contribution in [3.8, 4) is 11.1 Å². The highest BCUT2D eigenvalue weighted by Gasteiger charge is 2.16. The smallest absolute Gasteiger partial charge is 0.105 e. The molecule has 3 aromatic carbocycles. The monoisotopic (exact) mass is 276 g/mol. The summed E-state index contributed by atoms with van der Waals surface area (Å²) < 4.78 is 0.924. The molecule has 0 heterocycles. The zero-order valence-electron chi connectivity index (χ0n) is 13.0. The largest absolute Gasteiger partial charge is 0.327 e. The van der Waals surface area contributed by atoms with Crippen LogP contribution in [0.15, 0.2) is 66.7 Å². The average molecular weight is 276 g/mol. The molecule has 1 heteroatoms. The molecule has 3 aromatic rings. The predicted molar refractivity (Wildman–Crippen MR) is 91.1 cm³/mol. The van der Waals surface area contributed by atoms with Crippen molar-refractivity contribution in [3.63, 3.8) is 0 Å². The van der Waals surface area contributed by atoms with E-state index in [0.29, 0.717) is 0 Å². The van der Waals surface area contributed by atoms with Crippen LogP contribution in [-0.4, -0.2) is 25.6 Å². The number of fused-ring (bicyclic) bond motifs is 1. The summed E-state index contributed by atoms with van der Waals surface area (Å²) in [5.41, 5.74) is 4.08. The van der Waals surface area contributed by atoms with Crippen molar-refractivity contribution in [2.75, 3.05) is 21.1 Å². The second kappa shape index (κ2) is 5.34. The Morgan fingerprint density at radius 1 is 0.714 bits per heavy atom. The first-order valence-corrected chi connectivity index (χ1v) is 7.41. The van der Waals surface area contributed by atoms with Gasteiger partial charge in [-0.25, -0.2) is 0 Å². The van der Waals surface area contributed by atoms with Crippen molar-refractivity contribution in [1.82, 2.24) is 0 Å². The van der Waals surface area contributed by atoms with E-state index in [1.165, 1.54) is 27.5 Å². The third-order valence-electron chi connectivity index (χ3n) is 3.76. The Morgan fingerprint density at radius 2 is 1.38 bits per heavy atom. The number of hydrogen-bond donors (Lipinski definition) is 0. The van der Waals surface area contributed by atoms with Crippen LogP contribution < -0.4 is 0 Å². The molecule has 3 rings (SSSR count). The molecule has 0 saturated heterocycles. The van der Waals surface area contributed by atoms with Crippen molar-refractivity contribution < 1.29 is 4.48 Å². The lowest BCUT2D eigenvalue weighted by atomic mass is 9.93. The Kier molecular flexibility index (Phi) is 3.52. The van der Waals surface area contributed by atoms with Crippen molar-refractivity contribution >= 4 is 10.8 Å². The van der Waals surface area contributed by atoms with Crippen LogP contribution in [0, 0.1) is 0 Å². The highest BCUT2D eigenvalue weighted by atomic mass is 15.3. The zero-order chi connectivity index (χ0) is 14.9. The van der Waals surface area contributed by atoms with E-state index in [4.69, 9.17) is 0 Å². The quantitative estimate of drug-likeness (QED) is 0.608. The first-order chi connectivity index (χ1) is 10.0. The molecule has 0 aromatic heterocycles. The molecule has 1 nitrogen and oxygen atoms in total. The van der Waals surface area contributed by atoms with E-state index in [0.717, 1.165) is 11.0 Å². The van der Waals surface area contributed by atoms with E-state index in [9.17, 15) is 0 Å². The second-order valence-corrected chi connectivity index (χ2v) is 6.63. The molecule has 0 amide bonds. The van der Waals surface area contributed by atoms with Crippen LogP contribution >= 0.6 is 0 Å². The number of quaternary nitrogens is 1. The second-order valence-electron chi connectivity index (χ2n) is 6.63. The molecule has 21 heavy (non-hydrogen) atoms. The van der Waals surface area contributed by atoms with Gasteiger partial charge in [-0.3, -0.25) is 0 Å². The maximum absolute atomic E-state index is 2.27. The van der Waals surface area contributed by atoms with Crippen LogP contribution in [0.3, 0.4) is 0 Å². The molecular formula is C20H22N+. The molecule has 0 spiro atoms. The van der Waals surface area contributed by atoms with Gasteiger partial charge in [0, 0.05) is 5.56 Å². The van der Waals surface area contributed by atoms with E-state index in [1.54, 1.807) is 0 Å². The lowest BCUT2D eigenvalue weighted by molar-refractivity contribution is -0.883. The van der Waals surface area contributed by atoms with Gasteiger partial charge in [-0.1, -0.05) is 66.7 Å². The highest BCUT2D eigenvalue weighted by Crippen LogP contribution is 2.31. The van der Waals surface area contributed by atoms with Gasteiger partial charge < -0.3 is 4.48 Å². The summed E-state index contributed by atoms with van der Waals surface area (Å²) in [6.45, 7) is 1.02. The van der Waals surface area contributed by atoms with E-state index in [1.807, 2.05) is 0 Å². The van der Waals surface area contributed by atoms with Crippen molar-refractivity contribution in [3.05, 3.63) is 72.3 Å². The Balaban J connectivity index is 2.26. The molecule has 0 aliphatic heterocycles. The first-order valence-electron chi connectivity index (χ1n) is 7.41. The minimum atomic E-state index is 0.924. The number of hydrogen-bond acceptors (Lipinski definition) is 0. The molecule has 0 N–H and O–H groups in total. The maximum atomic E-state index is 2.27. The van der Waals surface area contributed by atoms with Crippen LogP contribution in [-0.2, 0) is 6.54 Å². The number of nitrogens with zero attached hydrogens (tertiary/aromatic N) is 1. The summed E-state index contributed by atoms with van der Waals surface area (Å²) in [6.07, 6.45) is 0. The highest BCUT2D eigenvalue weighted by molar-refractivity contribution is 5.91. The molecule has 106 valence electrons. The van der Waals surface area contributed by atoms with Gasteiger partial charge in [-0.05, 0) is 21.9 Å². The third kappa shape index (κ3) is 2.98. The van der Waals surface area contributed by atoms with Crippen molar-refractivity contribution in [2.24, 2.45) is 0 Å². The first kappa shape index (κ1) is 13.8. The van der Waals surface area contributed by atoms with E-state index in [2.05, 4.69) is 87.9 Å².